The van der Waals surface area contributed by atoms with Gasteiger partial charge >= 0.3 is 0 Å². The van der Waals surface area contributed by atoms with Crippen LogP contribution in [0.3, 0.4) is 0 Å². The van der Waals surface area contributed by atoms with E-state index in [9.17, 15) is 14.9 Å². The van der Waals surface area contributed by atoms with Crippen LogP contribution in [0.15, 0.2) is 53.6 Å². The van der Waals surface area contributed by atoms with Crippen molar-refractivity contribution in [2.75, 3.05) is 13.3 Å². The molecule has 0 spiro atoms. The fourth-order valence-corrected chi connectivity index (χ4v) is 4.68. The molecule has 3 aromatic rings. The second-order valence-electron chi connectivity index (χ2n) is 7.82. The van der Waals surface area contributed by atoms with E-state index in [-0.39, 0.29) is 17.2 Å². The largest absolute Gasteiger partial charge is 0.478 e. The third-order valence-corrected chi connectivity index (χ3v) is 6.58. The molecule has 1 aromatic heterocycles. The third kappa shape index (κ3) is 3.79. The zero-order valence-electron chi connectivity index (χ0n) is 17.4. The summed E-state index contributed by atoms with van der Waals surface area (Å²) in [6, 6.07) is 12.1. The highest BCUT2D eigenvalue weighted by molar-refractivity contribution is 7.09. The van der Waals surface area contributed by atoms with Crippen molar-refractivity contribution in [3.05, 3.63) is 90.8 Å². The number of benzene rings is 2. The van der Waals surface area contributed by atoms with Crippen molar-refractivity contribution in [1.82, 2.24) is 4.90 Å². The zero-order chi connectivity index (χ0) is 22.2. The molecule has 5 rings (SSSR count). The van der Waals surface area contributed by atoms with Gasteiger partial charge in [-0.05, 0) is 60.2 Å². The van der Waals surface area contributed by atoms with Gasteiger partial charge in [0.15, 0.2) is 5.76 Å². The number of thiophene rings is 1. The summed E-state index contributed by atoms with van der Waals surface area (Å²) in [6.07, 6.45) is 2.56. The van der Waals surface area contributed by atoms with Crippen LogP contribution in [0.2, 0.25) is 0 Å². The normalized spacial score (nSPS) is 16.4. The third-order valence-electron chi connectivity index (χ3n) is 5.64. The fourth-order valence-electron chi connectivity index (χ4n) is 3.99. The Hall–Kier alpha value is -3.49. The van der Waals surface area contributed by atoms with Crippen molar-refractivity contribution >= 4 is 28.9 Å². The number of allylic oxidation sites excluding steroid dienone is 1. The van der Waals surface area contributed by atoms with Crippen LogP contribution in [0.25, 0.3) is 6.08 Å². The first-order valence-electron chi connectivity index (χ1n) is 10.2. The van der Waals surface area contributed by atoms with E-state index in [0.717, 1.165) is 29.8 Å². The molecule has 0 aliphatic carbocycles. The van der Waals surface area contributed by atoms with Gasteiger partial charge in [0.05, 0.1) is 16.1 Å². The number of rotatable bonds is 5. The number of fused-ring (bicyclic) bond motifs is 3. The summed E-state index contributed by atoms with van der Waals surface area (Å²) in [5.41, 5.74) is 2.90. The van der Waals surface area contributed by atoms with E-state index >= 15 is 0 Å². The average molecular weight is 449 g/mol. The predicted octanol–water partition coefficient (Wildman–Crippen LogP) is 4.98. The SMILES string of the molecule is Cc1cc2c(c3c1C(=O)/C(=C/c1ccc([N+](=O)[O-])cc1)O3)CN(CCc1cccs1)CO2. The number of hydrogen-bond donors (Lipinski definition) is 0. The molecule has 162 valence electrons. The molecule has 2 aliphatic heterocycles. The standard InChI is InChI=1S/C24H20N2O5S/c1-15-11-20-19(13-25(14-30-20)9-8-18-3-2-10-32-18)24-22(15)23(27)21(31-24)12-16-4-6-17(7-5-16)26(28)29/h2-7,10-12H,8-9,13-14H2,1H3/b21-12-. The van der Waals surface area contributed by atoms with Gasteiger partial charge in [0.25, 0.3) is 5.69 Å². The molecule has 0 saturated heterocycles. The summed E-state index contributed by atoms with van der Waals surface area (Å²) in [5, 5.41) is 12.9. The Bertz CT molecular complexity index is 1230. The van der Waals surface area contributed by atoms with E-state index in [1.807, 2.05) is 13.0 Å². The maximum absolute atomic E-state index is 13.1. The number of carbonyl (C=O) groups excluding carboxylic acids is 1. The number of nitro benzene ring substituents is 1. The average Bonchev–Trinajstić information content (AvgIpc) is 3.42. The Morgan fingerprint density at radius 3 is 2.78 bits per heavy atom. The number of nitro groups is 1. The van der Waals surface area contributed by atoms with Crippen molar-refractivity contribution in [3.8, 4) is 11.5 Å². The molecule has 0 saturated carbocycles. The Kier molecular flexibility index (Phi) is 5.24. The van der Waals surface area contributed by atoms with E-state index in [0.29, 0.717) is 30.2 Å². The van der Waals surface area contributed by atoms with Crippen LogP contribution in [-0.4, -0.2) is 28.9 Å². The minimum Gasteiger partial charge on any atom is -0.478 e. The Morgan fingerprint density at radius 1 is 1.25 bits per heavy atom. The van der Waals surface area contributed by atoms with Crippen LogP contribution in [-0.2, 0) is 13.0 Å². The highest BCUT2D eigenvalue weighted by Crippen LogP contribution is 2.44. The molecule has 0 fully saturated rings. The molecule has 0 bridgehead atoms. The van der Waals surface area contributed by atoms with Crippen LogP contribution in [0, 0.1) is 17.0 Å². The molecular weight excluding hydrogens is 428 g/mol. The molecule has 0 amide bonds. The molecule has 32 heavy (non-hydrogen) atoms. The number of non-ortho nitro benzene ring substituents is 1. The highest BCUT2D eigenvalue weighted by atomic mass is 32.1. The topological polar surface area (TPSA) is 81.9 Å². The van der Waals surface area contributed by atoms with Gasteiger partial charge in [-0.2, -0.15) is 0 Å². The Morgan fingerprint density at radius 2 is 2.06 bits per heavy atom. The summed E-state index contributed by atoms with van der Waals surface area (Å²) >= 11 is 1.74. The molecule has 3 heterocycles. The van der Waals surface area contributed by atoms with Gasteiger partial charge in [0.2, 0.25) is 5.78 Å². The summed E-state index contributed by atoms with van der Waals surface area (Å²) in [6.45, 7) is 3.86. The van der Waals surface area contributed by atoms with Gasteiger partial charge in [-0.3, -0.25) is 19.8 Å². The van der Waals surface area contributed by atoms with Crippen molar-refractivity contribution in [1.29, 1.82) is 0 Å². The smallest absolute Gasteiger partial charge is 0.269 e. The monoisotopic (exact) mass is 448 g/mol. The molecule has 2 aliphatic rings. The summed E-state index contributed by atoms with van der Waals surface area (Å²) in [4.78, 5) is 27.0. The highest BCUT2D eigenvalue weighted by Gasteiger charge is 2.35. The predicted molar refractivity (Wildman–Crippen MR) is 121 cm³/mol. The second kappa shape index (κ2) is 8.22. The lowest BCUT2D eigenvalue weighted by Crippen LogP contribution is -2.33. The van der Waals surface area contributed by atoms with E-state index in [4.69, 9.17) is 9.47 Å². The maximum Gasteiger partial charge on any atom is 0.269 e. The van der Waals surface area contributed by atoms with Gasteiger partial charge in [0, 0.05) is 30.1 Å². The number of aryl methyl sites for hydroxylation is 1. The van der Waals surface area contributed by atoms with Crippen LogP contribution in [0.4, 0.5) is 5.69 Å². The van der Waals surface area contributed by atoms with Crippen molar-refractivity contribution in [2.24, 2.45) is 0 Å². The van der Waals surface area contributed by atoms with Gasteiger partial charge in [-0.25, -0.2) is 0 Å². The molecule has 7 nitrogen and oxygen atoms in total. The number of nitrogens with zero attached hydrogens (tertiary/aromatic N) is 2. The first kappa shape index (κ1) is 20.4. The number of carbonyl (C=O) groups is 1. The van der Waals surface area contributed by atoms with Crippen LogP contribution in [0.5, 0.6) is 11.5 Å². The minimum atomic E-state index is -0.455. The molecule has 0 unspecified atom stereocenters. The quantitative estimate of drug-likeness (QED) is 0.311. The zero-order valence-corrected chi connectivity index (χ0v) is 18.2. The lowest BCUT2D eigenvalue weighted by atomic mass is 9.98. The van der Waals surface area contributed by atoms with E-state index in [2.05, 4.69) is 22.4 Å². The summed E-state index contributed by atoms with van der Waals surface area (Å²) in [5.74, 6) is 1.33. The van der Waals surface area contributed by atoms with Crippen molar-refractivity contribution < 1.29 is 19.2 Å². The first-order valence-corrected chi connectivity index (χ1v) is 11.1. The van der Waals surface area contributed by atoms with Gasteiger partial charge in [-0.15, -0.1) is 11.3 Å². The van der Waals surface area contributed by atoms with Crippen LogP contribution in [0.1, 0.15) is 31.9 Å². The van der Waals surface area contributed by atoms with Crippen molar-refractivity contribution in [2.45, 2.75) is 19.9 Å². The molecule has 8 heteroatoms. The van der Waals surface area contributed by atoms with E-state index in [1.54, 1.807) is 29.5 Å². The molecule has 0 N–H and O–H groups in total. The molecule has 0 radical (unpaired) electrons. The van der Waals surface area contributed by atoms with Gasteiger partial charge in [-0.1, -0.05) is 6.07 Å². The molecular formula is C24H20N2O5S. The maximum atomic E-state index is 13.1. The summed E-state index contributed by atoms with van der Waals surface area (Å²) < 4.78 is 12.0. The van der Waals surface area contributed by atoms with Crippen LogP contribution < -0.4 is 9.47 Å². The Balaban J connectivity index is 1.41. The number of hydrogen-bond acceptors (Lipinski definition) is 7. The lowest BCUT2D eigenvalue weighted by Gasteiger charge is -2.30. The lowest BCUT2D eigenvalue weighted by molar-refractivity contribution is -0.384. The first-order chi connectivity index (χ1) is 15.5. The van der Waals surface area contributed by atoms with E-state index < -0.39 is 4.92 Å². The minimum absolute atomic E-state index is 0.00111. The number of Topliss-reactive ketones (excluding diaryl/α,β-unsaturated/α-hetero) is 1. The Labute approximate surface area is 188 Å². The second-order valence-corrected chi connectivity index (χ2v) is 8.85. The molecule has 0 atom stereocenters. The fraction of sp³-hybridized carbons (Fsp3) is 0.208. The van der Waals surface area contributed by atoms with Gasteiger partial charge < -0.3 is 9.47 Å². The van der Waals surface area contributed by atoms with Crippen LogP contribution >= 0.6 is 11.3 Å². The van der Waals surface area contributed by atoms with Crippen molar-refractivity contribution in [3.63, 3.8) is 0 Å². The summed E-state index contributed by atoms with van der Waals surface area (Å²) in [7, 11) is 0. The molecule has 2 aromatic carbocycles. The van der Waals surface area contributed by atoms with E-state index in [1.165, 1.54) is 17.0 Å². The van der Waals surface area contributed by atoms with Gasteiger partial charge in [0.1, 0.15) is 18.2 Å². The number of ketones is 1. The number of ether oxygens (including phenoxy) is 2.